The molecule has 1 atom stereocenters. The second-order valence-electron chi connectivity index (χ2n) is 5.52. The summed E-state index contributed by atoms with van der Waals surface area (Å²) in [5.74, 6) is 0. The molecule has 112 valence electrons. The van der Waals surface area contributed by atoms with Gasteiger partial charge in [-0.2, -0.15) is 5.10 Å². The second kappa shape index (κ2) is 6.54. The zero-order valence-corrected chi connectivity index (χ0v) is 12.9. The van der Waals surface area contributed by atoms with Crippen molar-refractivity contribution in [3.05, 3.63) is 72.2 Å². The van der Waals surface area contributed by atoms with E-state index in [0.717, 1.165) is 23.5 Å². The third-order valence-electron chi connectivity index (χ3n) is 3.95. The van der Waals surface area contributed by atoms with Crippen molar-refractivity contribution in [1.82, 2.24) is 20.1 Å². The van der Waals surface area contributed by atoms with Gasteiger partial charge in [-0.15, -0.1) is 0 Å². The Balaban J connectivity index is 1.70. The zero-order valence-electron chi connectivity index (χ0n) is 12.9. The van der Waals surface area contributed by atoms with E-state index in [-0.39, 0.29) is 0 Å². The molecule has 0 aliphatic rings. The molecular formula is C18H20N4. The summed E-state index contributed by atoms with van der Waals surface area (Å²) in [7, 11) is 2.11. The number of H-pyrrole nitrogens is 1. The molecule has 0 saturated heterocycles. The number of rotatable bonds is 5. The third-order valence-corrected chi connectivity index (χ3v) is 3.95. The Bertz CT molecular complexity index is 706. The van der Waals surface area contributed by atoms with Crippen LogP contribution in [0.15, 0.2) is 60.9 Å². The Morgan fingerprint density at radius 1 is 1.14 bits per heavy atom. The van der Waals surface area contributed by atoms with Crippen LogP contribution in [0.25, 0.3) is 11.3 Å². The second-order valence-corrected chi connectivity index (χ2v) is 5.52. The fraction of sp³-hybridized carbons (Fsp3) is 0.222. The SMILES string of the molecule is C[C@H](c1cccnc1)N(C)Cc1cc(-c2ccccc2)n[nH]1. The molecule has 0 fully saturated rings. The number of pyridine rings is 1. The first kappa shape index (κ1) is 14.5. The van der Waals surface area contributed by atoms with E-state index in [4.69, 9.17) is 0 Å². The van der Waals surface area contributed by atoms with Crippen LogP contribution in [0.3, 0.4) is 0 Å². The summed E-state index contributed by atoms with van der Waals surface area (Å²) in [5.41, 5.74) is 4.44. The molecule has 0 spiro atoms. The molecule has 1 aromatic carbocycles. The lowest BCUT2D eigenvalue weighted by atomic mass is 10.1. The van der Waals surface area contributed by atoms with Gasteiger partial charge in [0.25, 0.3) is 0 Å². The molecule has 0 aliphatic heterocycles. The van der Waals surface area contributed by atoms with Crippen LogP contribution in [0.4, 0.5) is 0 Å². The van der Waals surface area contributed by atoms with Gasteiger partial charge < -0.3 is 0 Å². The average Bonchev–Trinajstić information content (AvgIpc) is 3.04. The van der Waals surface area contributed by atoms with Gasteiger partial charge in [-0.25, -0.2) is 0 Å². The van der Waals surface area contributed by atoms with E-state index in [9.17, 15) is 0 Å². The zero-order chi connectivity index (χ0) is 15.4. The lowest BCUT2D eigenvalue weighted by Crippen LogP contribution is -2.22. The summed E-state index contributed by atoms with van der Waals surface area (Å²) in [6.07, 6.45) is 3.72. The largest absolute Gasteiger partial charge is 0.294 e. The molecule has 22 heavy (non-hydrogen) atoms. The quantitative estimate of drug-likeness (QED) is 0.780. The Morgan fingerprint density at radius 2 is 1.95 bits per heavy atom. The first-order valence-electron chi connectivity index (χ1n) is 7.44. The van der Waals surface area contributed by atoms with Crippen molar-refractivity contribution in [3.63, 3.8) is 0 Å². The molecule has 1 N–H and O–H groups in total. The number of hydrogen-bond acceptors (Lipinski definition) is 3. The summed E-state index contributed by atoms with van der Waals surface area (Å²) in [6, 6.07) is 16.7. The van der Waals surface area contributed by atoms with Crippen LogP contribution in [0, 0.1) is 0 Å². The normalized spacial score (nSPS) is 12.5. The minimum atomic E-state index is 0.303. The first-order valence-corrected chi connectivity index (χ1v) is 7.44. The molecule has 4 nitrogen and oxygen atoms in total. The number of aromatic amines is 1. The maximum atomic E-state index is 4.41. The van der Waals surface area contributed by atoms with Crippen molar-refractivity contribution in [2.75, 3.05) is 7.05 Å². The van der Waals surface area contributed by atoms with Gasteiger partial charge in [0, 0.05) is 36.2 Å². The van der Waals surface area contributed by atoms with E-state index in [2.05, 4.69) is 58.3 Å². The predicted molar refractivity (Wildman–Crippen MR) is 88.1 cm³/mol. The van der Waals surface area contributed by atoms with E-state index in [1.54, 1.807) is 6.20 Å². The van der Waals surface area contributed by atoms with Crippen LogP contribution in [0.2, 0.25) is 0 Å². The van der Waals surface area contributed by atoms with Crippen molar-refractivity contribution in [1.29, 1.82) is 0 Å². The molecule has 0 amide bonds. The molecule has 2 heterocycles. The maximum Gasteiger partial charge on any atom is 0.0924 e. The number of aromatic nitrogens is 3. The van der Waals surface area contributed by atoms with Gasteiger partial charge >= 0.3 is 0 Å². The number of nitrogens with zero attached hydrogens (tertiary/aromatic N) is 3. The first-order chi connectivity index (χ1) is 10.7. The van der Waals surface area contributed by atoms with E-state index >= 15 is 0 Å². The van der Waals surface area contributed by atoms with Gasteiger partial charge in [0.1, 0.15) is 0 Å². The minimum Gasteiger partial charge on any atom is -0.294 e. The number of hydrogen-bond donors (Lipinski definition) is 1. The summed E-state index contributed by atoms with van der Waals surface area (Å²) in [6.45, 7) is 3.00. The summed E-state index contributed by atoms with van der Waals surface area (Å²) in [4.78, 5) is 6.47. The van der Waals surface area contributed by atoms with Crippen LogP contribution in [0.5, 0.6) is 0 Å². The Hall–Kier alpha value is -2.46. The molecule has 3 aromatic rings. The lowest BCUT2D eigenvalue weighted by molar-refractivity contribution is 0.249. The highest BCUT2D eigenvalue weighted by atomic mass is 15.2. The van der Waals surface area contributed by atoms with Gasteiger partial charge in [0.15, 0.2) is 0 Å². The minimum absolute atomic E-state index is 0.303. The smallest absolute Gasteiger partial charge is 0.0924 e. The maximum absolute atomic E-state index is 4.41. The van der Waals surface area contributed by atoms with Crippen molar-refractivity contribution < 1.29 is 0 Å². The third kappa shape index (κ3) is 3.23. The highest BCUT2D eigenvalue weighted by Gasteiger charge is 2.13. The lowest BCUT2D eigenvalue weighted by Gasteiger charge is -2.24. The average molecular weight is 292 g/mol. The van der Waals surface area contributed by atoms with Crippen LogP contribution < -0.4 is 0 Å². The van der Waals surface area contributed by atoms with E-state index in [0.29, 0.717) is 6.04 Å². The molecule has 0 unspecified atom stereocenters. The van der Waals surface area contributed by atoms with Gasteiger partial charge in [-0.1, -0.05) is 36.4 Å². The molecule has 2 aromatic heterocycles. The van der Waals surface area contributed by atoms with Crippen LogP contribution in [-0.2, 0) is 6.54 Å². The summed E-state index contributed by atoms with van der Waals surface area (Å²) < 4.78 is 0. The highest BCUT2D eigenvalue weighted by molar-refractivity contribution is 5.58. The van der Waals surface area contributed by atoms with Crippen molar-refractivity contribution >= 4 is 0 Å². The highest BCUT2D eigenvalue weighted by Crippen LogP contribution is 2.21. The topological polar surface area (TPSA) is 44.8 Å². The van der Waals surface area contributed by atoms with Gasteiger partial charge in [0.2, 0.25) is 0 Å². The molecule has 4 heteroatoms. The molecular weight excluding hydrogens is 272 g/mol. The molecule has 0 bridgehead atoms. The van der Waals surface area contributed by atoms with Crippen molar-refractivity contribution in [2.24, 2.45) is 0 Å². The fourth-order valence-corrected chi connectivity index (χ4v) is 2.48. The summed E-state index contributed by atoms with van der Waals surface area (Å²) >= 11 is 0. The molecule has 0 radical (unpaired) electrons. The molecule has 3 rings (SSSR count). The molecule has 0 aliphatic carbocycles. The fourth-order valence-electron chi connectivity index (χ4n) is 2.48. The van der Waals surface area contributed by atoms with Crippen LogP contribution >= 0.6 is 0 Å². The van der Waals surface area contributed by atoms with Crippen molar-refractivity contribution in [2.45, 2.75) is 19.5 Å². The van der Waals surface area contributed by atoms with Crippen molar-refractivity contribution in [3.8, 4) is 11.3 Å². The van der Waals surface area contributed by atoms with Gasteiger partial charge in [0.05, 0.1) is 5.69 Å². The van der Waals surface area contributed by atoms with E-state index < -0.39 is 0 Å². The Kier molecular flexibility index (Phi) is 4.30. The van der Waals surface area contributed by atoms with Gasteiger partial charge in [-0.3, -0.25) is 15.0 Å². The number of benzene rings is 1. The van der Waals surface area contributed by atoms with E-state index in [1.807, 2.05) is 30.5 Å². The Morgan fingerprint density at radius 3 is 2.68 bits per heavy atom. The van der Waals surface area contributed by atoms with Crippen LogP contribution in [0.1, 0.15) is 24.2 Å². The van der Waals surface area contributed by atoms with Crippen LogP contribution in [-0.4, -0.2) is 27.1 Å². The monoisotopic (exact) mass is 292 g/mol. The van der Waals surface area contributed by atoms with E-state index in [1.165, 1.54) is 5.56 Å². The standard InChI is InChI=1S/C18H20N4/c1-14(16-9-6-10-19-12-16)22(2)13-17-11-18(21-20-17)15-7-4-3-5-8-15/h3-12,14H,13H2,1-2H3,(H,20,21)/t14-/m1/s1. The molecule has 0 saturated carbocycles. The number of nitrogens with one attached hydrogen (secondary N) is 1. The Labute approximate surface area is 130 Å². The predicted octanol–water partition coefficient (Wildman–Crippen LogP) is 3.66. The van der Waals surface area contributed by atoms with Gasteiger partial charge in [-0.05, 0) is 31.7 Å². The summed E-state index contributed by atoms with van der Waals surface area (Å²) in [5, 5.41) is 7.54.